The number of rotatable bonds is 28. The summed E-state index contributed by atoms with van der Waals surface area (Å²) < 4.78 is 0. The number of thioether (sulfide) groups is 1. The molecule has 5 heterocycles. The third kappa shape index (κ3) is 31.2. The van der Waals surface area contributed by atoms with E-state index in [1.807, 2.05) is 13.8 Å². The largest absolute Gasteiger partial charge is 0.508 e. The number of primary amides is 2. The van der Waals surface area contributed by atoms with Gasteiger partial charge in [0, 0.05) is 118 Å². The molecular weight excluding hydrogens is 1770 g/mol. The standard InChI is InChI=1S/C92H126N20O22S/c1-9-11-24-72-86(128)103-66(37-51(3)4)84(126)107-71(82(124)99-46-76(95)116)49-135-50-77(117)100-68(38-53-27-29-58(113)30-28-53)88(130)108(6)52(5)80(122)105-70(43-75(94)115)91(133)112-36-18-26-73(112)87(129)104-67(42-57-19-17-35-96-57)85(127)102-65(31-32-78(118)119)90(132)111(48-79(120)121)47-59(114)40-54(39-55-44-97-62-22-15-13-20-60(55)62)81(123)101-64(33-34-93)83(125)106-69(41-56-45-98-63-23-16-14-21-61(56)63)89(131)110(8)74(25-12-10-2)92(134)109(72)7/h13-17,19-23,27-30,35,44-45,51-52,54,64-74,96-98,113H,9-12,18,24-26,31-34,36-43,46-50,93H2,1-8H3,(H2,94,115)(H2,95,116)(H,99,124)(H,100,117)(H,101,123)(H,102,127)(H,103,128)(H,104,129)(H,105,122)(H,106,125)(H,107,126)(H,118,119)(H,120,121)/t52-,54+,64-,65-,66-,67-,68-,69-,70-,71-,72-,73-,74-/m0/s1. The van der Waals surface area contributed by atoms with E-state index in [2.05, 4.69) is 62.8 Å². The average Bonchev–Trinajstić information content (AvgIpc) is 1.78. The number of phenolic OH excluding ortho intramolecular Hbond substituents is 1. The van der Waals surface area contributed by atoms with Crippen molar-refractivity contribution in [3.8, 4) is 5.75 Å². The number of ketones is 1. The number of aromatic nitrogens is 3. The Morgan fingerprint density at radius 3 is 1.71 bits per heavy atom. The third-order valence-electron chi connectivity index (χ3n) is 23.8. The molecule has 2 saturated heterocycles. The van der Waals surface area contributed by atoms with Gasteiger partial charge >= 0.3 is 11.9 Å². The number of nitrogens with two attached hydrogens (primary N) is 3. The van der Waals surface area contributed by atoms with Crippen LogP contribution >= 0.6 is 11.8 Å². The lowest BCUT2D eigenvalue weighted by atomic mass is 9.92. The van der Waals surface area contributed by atoms with Crippen molar-refractivity contribution in [3.05, 3.63) is 126 Å². The Balaban J connectivity index is 1.21. The van der Waals surface area contributed by atoms with Crippen LogP contribution in [-0.4, -0.2) is 305 Å². The van der Waals surface area contributed by atoms with E-state index in [0.29, 0.717) is 74.8 Å². The van der Waals surface area contributed by atoms with Crippen molar-refractivity contribution >= 4 is 146 Å². The number of carboxylic acid groups (broad SMARTS) is 2. The lowest BCUT2D eigenvalue weighted by Crippen LogP contribution is -2.60. The van der Waals surface area contributed by atoms with Gasteiger partial charge in [0.1, 0.15) is 84.8 Å². The van der Waals surface area contributed by atoms with Gasteiger partial charge in [-0.25, -0.2) is 0 Å². The zero-order valence-electron chi connectivity index (χ0n) is 77.1. The number of aromatic amines is 3. The summed E-state index contributed by atoms with van der Waals surface area (Å²) in [6.45, 7) is 4.98. The van der Waals surface area contributed by atoms with Gasteiger partial charge in [0.2, 0.25) is 94.5 Å². The number of H-pyrrole nitrogens is 3. The molecule has 2 aliphatic rings. The van der Waals surface area contributed by atoms with E-state index in [1.54, 1.807) is 80.8 Å². The molecule has 42 nitrogen and oxygen atoms in total. The van der Waals surface area contributed by atoms with Crippen LogP contribution in [0.3, 0.4) is 0 Å². The van der Waals surface area contributed by atoms with Crippen LogP contribution in [0.4, 0.5) is 0 Å². The zero-order valence-corrected chi connectivity index (χ0v) is 77.9. The number of carbonyl (C=O) groups excluding carboxylic acids is 17. The smallest absolute Gasteiger partial charge is 0.323 e. The molecule has 0 radical (unpaired) electrons. The van der Waals surface area contributed by atoms with Crippen LogP contribution < -0.4 is 65.1 Å². The van der Waals surface area contributed by atoms with Gasteiger partial charge in [-0.3, -0.25) is 91.1 Å². The number of benzene rings is 3. The number of likely N-dealkylation sites (N-methyl/N-ethyl adjacent to an activating group) is 3. The fourth-order valence-electron chi connectivity index (χ4n) is 16.4. The Morgan fingerprint density at radius 1 is 0.541 bits per heavy atom. The van der Waals surface area contributed by atoms with E-state index in [0.717, 1.165) is 21.6 Å². The van der Waals surface area contributed by atoms with Gasteiger partial charge in [0.05, 0.1) is 25.3 Å². The molecule has 21 N–H and O–H groups in total. The van der Waals surface area contributed by atoms with Gasteiger partial charge in [-0.15, -0.1) is 11.8 Å². The third-order valence-corrected chi connectivity index (χ3v) is 24.8. The number of nitrogens with zero attached hydrogens (tertiary/aromatic N) is 5. The number of aliphatic carboxylic acids is 2. The van der Waals surface area contributed by atoms with E-state index in [-0.39, 0.29) is 89.0 Å². The molecule has 3 aromatic heterocycles. The van der Waals surface area contributed by atoms with Crippen LogP contribution in [0.5, 0.6) is 5.75 Å². The van der Waals surface area contributed by atoms with Gasteiger partial charge in [0.25, 0.3) is 0 Å². The summed E-state index contributed by atoms with van der Waals surface area (Å²) in [5.74, 6) is -22.5. The molecule has 2 aliphatic heterocycles. The molecule has 16 amide bonds. The summed E-state index contributed by atoms with van der Waals surface area (Å²) >= 11 is 0.782. The maximum atomic E-state index is 15.8. The van der Waals surface area contributed by atoms with Crippen molar-refractivity contribution in [2.45, 2.75) is 223 Å². The fourth-order valence-corrected chi connectivity index (χ4v) is 17.2. The Morgan fingerprint density at radius 2 is 1.11 bits per heavy atom. The Bertz CT molecular complexity index is 5220. The Kier molecular flexibility index (Phi) is 40.7. The van der Waals surface area contributed by atoms with Crippen LogP contribution in [-0.2, 0) is 117 Å². The van der Waals surface area contributed by atoms with E-state index in [4.69, 9.17) is 17.2 Å². The number of hydrogen-bond acceptors (Lipinski definition) is 22. The molecule has 8 rings (SSSR count). The molecule has 0 bridgehead atoms. The number of para-hydroxylation sites is 2. The Hall–Kier alpha value is -13.7. The lowest BCUT2D eigenvalue weighted by molar-refractivity contribution is -0.149. The minimum atomic E-state index is -1.97. The number of nitrogens with one attached hydrogen (secondary N) is 12. The zero-order chi connectivity index (χ0) is 99.0. The molecule has 0 aliphatic carbocycles. The fraction of sp³-hybridized carbons (Fsp3) is 0.511. The Labute approximate surface area is 784 Å². The first-order valence-electron chi connectivity index (χ1n) is 45.1. The number of amides is 16. The van der Waals surface area contributed by atoms with Crippen molar-refractivity contribution in [1.29, 1.82) is 0 Å². The second kappa shape index (κ2) is 51.5. The summed E-state index contributed by atoms with van der Waals surface area (Å²) in [5, 5.41) is 55.6. The quantitative estimate of drug-likeness (QED) is 0.0299. The highest BCUT2D eigenvalue weighted by Gasteiger charge is 2.44. The predicted octanol–water partition coefficient (Wildman–Crippen LogP) is -0.324. The molecule has 732 valence electrons. The van der Waals surface area contributed by atoms with Crippen LogP contribution in [0.15, 0.2) is 104 Å². The molecular formula is C92H126N20O22S. The number of Topliss-reactive ketones (excluding diaryl/α,β-unsaturated/α-hetero) is 1. The van der Waals surface area contributed by atoms with Gasteiger partial charge in [-0.2, -0.15) is 0 Å². The number of unbranched alkanes of at least 4 members (excludes halogenated alkanes) is 2. The van der Waals surface area contributed by atoms with Crippen molar-refractivity contribution in [3.63, 3.8) is 0 Å². The summed E-state index contributed by atoms with van der Waals surface area (Å²) in [5.41, 5.74) is 20.3. The first kappa shape index (κ1) is 107. The normalized spacial score (nSPS) is 23.3. The molecule has 3 aromatic carbocycles. The highest BCUT2D eigenvalue weighted by molar-refractivity contribution is 8.00. The van der Waals surface area contributed by atoms with Crippen molar-refractivity contribution in [2.75, 3.05) is 65.4 Å². The minimum Gasteiger partial charge on any atom is -0.508 e. The summed E-state index contributed by atoms with van der Waals surface area (Å²) in [6.07, 6.45) is 1.74. The van der Waals surface area contributed by atoms with Gasteiger partial charge < -0.3 is 120 Å². The SMILES string of the molecule is CCCC[C@H]1C(=O)N(C)[C@@H](CCCC)C(=O)N[C@@H](CC(C)C)C(=O)N[C@H](C(=O)NCC(N)=O)CSCC(=O)N[C@@H](Cc2ccc(O)cc2)C(=O)N(C)[C@@H](C)C(=O)N[C@@H](CC(N)=O)C(=O)N2CCC[C@H]2C(=O)N[C@@H](Cc2ccc[nH]2)C(=O)N[C@@H](CCC(=O)O)C(=O)N(CC(=O)O)CC(=O)C[C@@H](Cc2c[nH]c3ccccc23)C(=O)N[C@@H](CCN)C(=O)N[C@@H](Cc2c[nH]c3ccccc23)C(=O)N1C. The molecule has 0 saturated carbocycles. The molecule has 2 fully saturated rings. The monoisotopic (exact) mass is 1890 g/mol. The van der Waals surface area contributed by atoms with Crippen molar-refractivity contribution < 1.29 is 106 Å². The predicted molar refractivity (Wildman–Crippen MR) is 496 cm³/mol. The molecule has 0 unspecified atom stereocenters. The number of phenols is 1. The number of aromatic hydroxyl groups is 1. The molecule has 135 heavy (non-hydrogen) atoms. The number of carboxylic acids is 2. The number of hydrogen-bond donors (Lipinski definition) is 18. The van der Waals surface area contributed by atoms with Gasteiger partial charge in [0.15, 0.2) is 5.78 Å². The number of carbonyl (C=O) groups is 19. The van der Waals surface area contributed by atoms with Gasteiger partial charge in [-0.1, -0.05) is 102 Å². The van der Waals surface area contributed by atoms with Crippen LogP contribution in [0.2, 0.25) is 0 Å². The minimum absolute atomic E-state index is 0.0134. The van der Waals surface area contributed by atoms with Crippen LogP contribution in [0, 0.1) is 11.8 Å². The van der Waals surface area contributed by atoms with Crippen LogP contribution in [0.1, 0.15) is 147 Å². The van der Waals surface area contributed by atoms with E-state index >= 15 is 28.8 Å². The highest BCUT2D eigenvalue weighted by Crippen LogP contribution is 2.28. The molecule has 0 spiro atoms. The first-order valence-corrected chi connectivity index (χ1v) is 46.2. The second-order valence-corrected chi connectivity index (χ2v) is 35.5. The van der Waals surface area contributed by atoms with Gasteiger partial charge in [-0.05, 0) is 124 Å². The molecule has 6 aromatic rings. The maximum absolute atomic E-state index is 15.8. The molecule has 13 atom stereocenters. The molecule has 43 heteroatoms. The number of fused-ring (bicyclic) bond motifs is 3. The second-order valence-electron chi connectivity index (χ2n) is 34.5. The highest BCUT2D eigenvalue weighted by atomic mass is 32.2. The topological polar surface area (TPSA) is 635 Å². The maximum Gasteiger partial charge on any atom is 0.323 e. The summed E-state index contributed by atoms with van der Waals surface area (Å²) in [6, 6.07) is 3.80. The van der Waals surface area contributed by atoms with Crippen LogP contribution in [0.25, 0.3) is 21.8 Å². The lowest BCUT2D eigenvalue weighted by Gasteiger charge is -2.36. The summed E-state index contributed by atoms with van der Waals surface area (Å²) in [4.78, 5) is 289. The first-order chi connectivity index (χ1) is 64.2. The summed E-state index contributed by atoms with van der Waals surface area (Å²) in [7, 11) is 3.94. The van der Waals surface area contributed by atoms with Crippen molar-refractivity contribution in [2.24, 2.45) is 29.0 Å². The van der Waals surface area contributed by atoms with E-state index in [9.17, 15) is 77.6 Å². The average molecular weight is 1900 g/mol. The van der Waals surface area contributed by atoms with E-state index < -0.39 is 247 Å². The van der Waals surface area contributed by atoms with E-state index in [1.165, 1.54) is 74.4 Å². The van der Waals surface area contributed by atoms with Crippen molar-refractivity contribution in [1.82, 2.24) is 87.3 Å².